The number of carboxylic acid groups (broad SMARTS) is 2. The normalized spacial score (nSPS) is 15.4. The number of benzene rings is 1. The van der Waals surface area contributed by atoms with Crippen LogP contribution in [0.2, 0.25) is 0 Å². The molecule has 0 bridgehead atoms. The molecule has 0 fully saturated rings. The molecule has 1 unspecified atom stereocenters. The smallest absolute Gasteiger partial charge is 0.471 e. The molecule has 0 amide bonds. The second-order valence-corrected chi connectivity index (χ2v) is 6.13. The average molecular weight is 525 g/mol. The van der Waals surface area contributed by atoms with E-state index in [1.54, 1.807) is 0 Å². The number of hydrogen-bond acceptors (Lipinski definition) is 6. The molecule has 1 rings (SSSR count). The number of rotatable bonds is 8. The van der Waals surface area contributed by atoms with E-state index in [0.717, 1.165) is 15.9 Å². The average Bonchev–Trinajstić information content (AvgIpc) is 2.51. The first-order valence-electron chi connectivity index (χ1n) is 6.70. The third-order valence-electron chi connectivity index (χ3n) is 2.99. The molecule has 6 nitrogen and oxygen atoms in total. The number of aromatic carboxylic acids is 2. The van der Waals surface area contributed by atoms with Crippen LogP contribution >= 0.6 is 15.9 Å². The maximum Gasteiger partial charge on any atom is 0.471 e. The molecule has 1 atom stereocenters. The molecule has 1 aromatic rings. The van der Waals surface area contributed by atoms with Gasteiger partial charge >= 0.3 is 29.1 Å². The van der Waals surface area contributed by atoms with E-state index in [1.807, 2.05) is 0 Å². The van der Waals surface area contributed by atoms with Gasteiger partial charge in [0.05, 0.1) is 11.9 Å². The first-order chi connectivity index (χ1) is 13.2. The van der Waals surface area contributed by atoms with Crippen molar-refractivity contribution >= 4 is 27.9 Å². The molecule has 0 saturated heterocycles. The van der Waals surface area contributed by atoms with Crippen LogP contribution < -0.4 is 14.9 Å². The molecule has 0 saturated carbocycles. The van der Waals surface area contributed by atoms with Crippen LogP contribution in [0, 0.1) is 0 Å². The zero-order valence-electron chi connectivity index (χ0n) is 13.3. The Morgan fingerprint density at radius 2 is 1.33 bits per heavy atom. The van der Waals surface area contributed by atoms with E-state index < -0.39 is 57.9 Å². The molecule has 30 heavy (non-hydrogen) atoms. The molecular formula is C13H3BrF10O6-2. The topological polar surface area (TPSA) is 98.7 Å². The summed E-state index contributed by atoms with van der Waals surface area (Å²) < 4.78 is 129. The summed E-state index contributed by atoms with van der Waals surface area (Å²) in [7, 11) is 0. The van der Waals surface area contributed by atoms with Crippen molar-refractivity contribution in [3.05, 3.63) is 29.3 Å². The second kappa shape index (κ2) is 7.75. The molecule has 0 aliphatic heterocycles. The van der Waals surface area contributed by atoms with Crippen LogP contribution in [0.15, 0.2) is 18.2 Å². The third-order valence-corrected chi connectivity index (χ3v) is 3.62. The van der Waals surface area contributed by atoms with Gasteiger partial charge in [0.2, 0.25) is 0 Å². The molecule has 0 N–H and O–H groups in total. The summed E-state index contributed by atoms with van der Waals surface area (Å²) in [5.74, 6) is -13.4. The Kier molecular flexibility index (Phi) is 6.65. The minimum absolute atomic E-state index is 0.0417. The van der Waals surface area contributed by atoms with Crippen molar-refractivity contribution in [1.82, 2.24) is 0 Å². The fourth-order valence-electron chi connectivity index (χ4n) is 1.55. The van der Waals surface area contributed by atoms with Crippen molar-refractivity contribution in [3.8, 4) is 5.75 Å². The summed E-state index contributed by atoms with van der Waals surface area (Å²) in [5.41, 5.74) is -2.49. The minimum atomic E-state index is -7.16. The Hall–Kier alpha value is -2.30. The van der Waals surface area contributed by atoms with Crippen LogP contribution in [0.3, 0.4) is 0 Å². The van der Waals surface area contributed by atoms with E-state index in [9.17, 15) is 63.7 Å². The molecule has 0 spiro atoms. The summed E-state index contributed by atoms with van der Waals surface area (Å²) in [6.07, 6.45) is -20.0. The van der Waals surface area contributed by atoms with Gasteiger partial charge in [0.1, 0.15) is 5.75 Å². The Morgan fingerprint density at radius 3 is 1.73 bits per heavy atom. The van der Waals surface area contributed by atoms with Crippen molar-refractivity contribution < 1.29 is 73.2 Å². The number of alkyl halides is 11. The zero-order chi connectivity index (χ0) is 23.9. The summed E-state index contributed by atoms with van der Waals surface area (Å²) in [6, 6.07) is 0.671. The van der Waals surface area contributed by atoms with E-state index >= 15 is 0 Å². The number of carboxylic acids is 2. The Bertz CT molecular complexity index is 838. The highest BCUT2D eigenvalue weighted by molar-refractivity contribution is 9.10. The van der Waals surface area contributed by atoms with Crippen LogP contribution in [0.4, 0.5) is 43.9 Å². The molecule has 170 valence electrons. The van der Waals surface area contributed by atoms with Gasteiger partial charge in [-0.15, -0.1) is 0 Å². The van der Waals surface area contributed by atoms with Gasteiger partial charge in [-0.25, -0.2) is 0 Å². The monoisotopic (exact) mass is 524 g/mol. The molecule has 0 aliphatic rings. The number of carbonyl (C=O) groups is 2. The Balaban J connectivity index is 3.36. The summed E-state index contributed by atoms with van der Waals surface area (Å²) in [4.78, 5) is 21.5. The van der Waals surface area contributed by atoms with Gasteiger partial charge in [-0.3, -0.25) is 4.74 Å². The SMILES string of the molecule is O=C([O-])c1ccc(C(=O)[O-])c(OC(F)(F)C(F)(Br)OC(F)(F)C(F)(F)C(F)(F)F)c1. The fraction of sp³-hybridized carbons (Fsp3) is 0.385. The highest BCUT2D eigenvalue weighted by Crippen LogP contribution is 2.52. The van der Waals surface area contributed by atoms with Crippen molar-refractivity contribution in [2.24, 2.45) is 0 Å². The first-order valence-corrected chi connectivity index (χ1v) is 7.49. The van der Waals surface area contributed by atoms with Gasteiger partial charge in [0.15, 0.2) is 0 Å². The highest BCUT2D eigenvalue weighted by Gasteiger charge is 2.78. The van der Waals surface area contributed by atoms with Gasteiger partial charge in [0.25, 0.3) is 0 Å². The Labute approximate surface area is 166 Å². The lowest BCUT2D eigenvalue weighted by Crippen LogP contribution is -2.59. The zero-order valence-corrected chi connectivity index (χ0v) is 14.9. The lowest BCUT2D eigenvalue weighted by atomic mass is 10.1. The van der Waals surface area contributed by atoms with Crippen LogP contribution in [-0.4, -0.2) is 41.0 Å². The molecular weight excluding hydrogens is 522 g/mol. The van der Waals surface area contributed by atoms with Gasteiger partial charge in [-0.1, -0.05) is 6.07 Å². The summed E-state index contributed by atoms with van der Waals surface area (Å²) in [6.45, 7) is 0. The van der Waals surface area contributed by atoms with Gasteiger partial charge in [-0.2, -0.15) is 43.9 Å². The number of carbonyl (C=O) groups excluding carboxylic acids is 2. The Morgan fingerprint density at radius 1 is 0.833 bits per heavy atom. The second-order valence-electron chi connectivity index (χ2n) is 5.11. The lowest BCUT2D eigenvalue weighted by Gasteiger charge is -2.34. The molecule has 0 heterocycles. The third kappa shape index (κ3) is 4.88. The van der Waals surface area contributed by atoms with Crippen LogP contribution in [0.1, 0.15) is 20.7 Å². The van der Waals surface area contributed by atoms with Crippen LogP contribution in [-0.2, 0) is 4.74 Å². The van der Waals surface area contributed by atoms with Crippen molar-refractivity contribution in [1.29, 1.82) is 0 Å². The molecule has 17 heteroatoms. The number of ether oxygens (including phenoxy) is 2. The van der Waals surface area contributed by atoms with Crippen molar-refractivity contribution in [2.75, 3.05) is 0 Å². The van der Waals surface area contributed by atoms with Gasteiger partial charge < -0.3 is 24.5 Å². The van der Waals surface area contributed by atoms with E-state index in [0.29, 0.717) is 6.07 Å². The maximum atomic E-state index is 13.9. The molecule has 0 aromatic heterocycles. The predicted molar refractivity (Wildman–Crippen MR) is 70.5 cm³/mol. The van der Waals surface area contributed by atoms with E-state index in [1.165, 1.54) is 0 Å². The van der Waals surface area contributed by atoms with Gasteiger partial charge in [0, 0.05) is 11.1 Å². The van der Waals surface area contributed by atoms with Crippen molar-refractivity contribution in [2.45, 2.75) is 29.1 Å². The van der Waals surface area contributed by atoms with Crippen LogP contribution in [0.25, 0.3) is 0 Å². The lowest BCUT2D eigenvalue weighted by molar-refractivity contribution is -0.466. The molecule has 0 radical (unpaired) electrons. The number of hydrogen-bond donors (Lipinski definition) is 0. The number of halogens is 11. The highest BCUT2D eigenvalue weighted by atomic mass is 79.9. The first kappa shape index (κ1) is 25.7. The van der Waals surface area contributed by atoms with Gasteiger partial charge in [-0.05, 0) is 28.1 Å². The standard InChI is InChI=1S/C13H5BrF10O6/c14-10(17,30-12(21,22)9(15,16)11(18,19)20)13(23,24)29-6-3-4(7(25)26)1-2-5(6)8(27)28/h1-3H,(H,25,26)(H,27,28)/p-2. The molecule has 1 aromatic carbocycles. The summed E-state index contributed by atoms with van der Waals surface area (Å²) in [5, 5.41) is 21.5. The summed E-state index contributed by atoms with van der Waals surface area (Å²) >= 11 is 1.03. The predicted octanol–water partition coefficient (Wildman–Crippen LogP) is 2.21. The largest absolute Gasteiger partial charge is 0.545 e. The maximum absolute atomic E-state index is 13.9. The molecule has 0 aliphatic carbocycles. The van der Waals surface area contributed by atoms with E-state index in [2.05, 4.69) is 9.47 Å². The quantitative estimate of drug-likeness (QED) is 0.382. The minimum Gasteiger partial charge on any atom is -0.545 e. The fourth-order valence-corrected chi connectivity index (χ4v) is 1.83. The van der Waals surface area contributed by atoms with E-state index in [4.69, 9.17) is 0 Å². The van der Waals surface area contributed by atoms with Crippen LogP contribution in [0.5, 0.6) is 5.75 Å². The van der Waals surface area contributed by atoms with E-state index in [-0.39, 0.29) is 12.1 Å². The van der Waals surface area contributed by atoms with Crippen molar-refractivity contribution in [3.63, 3.8) is 0 Å².